The average Bonchev–Trinajstić information content (AvgIpc) is 2.95. The lowest BCUT2D eigenvalue weighted by molar-refractivity contribution is -0.141. The van der Waals surface area contributed by atoms with Crippen molar-refractivity contribution in [3.8, 4) is 0 Å². The van der Waals surface area contributed by atoms with Crippen LogP contribution in [0.5, 0.6) is 0 Å². The Morgan fingerprint density at radius 1 is 0.881 bits per heavy atom. The van der Waals surface area contributed by atoms with Crippen LogP contribution in [0.15, 0.2) is 72.8 Å². The lowest BCUT2D eigenvalue weighted by Gasteiger charge is -2.32. The standard InChI is InChI=1S/C31H36F3N3O4S/c1-3-4-18-35-31(39)29(20-23-9-6-5-7-10-23)36(22-24-12-14-25(32)15-13-24)30(38)11-8-19-37(42(2,40)41)26-16-17-27(33)28(34)21-26/h5-7,9-10,12-17,21,29H,3-4,8,11,18-20,22H2,1-2H3,(H,35,39). The van der Waals surface area contributed by atoms with Gasteiger partial charge in [0.2, 0.25) is 21.8 Å². The zero-order valence-electron chi connectivity index (χ0n) is 23.7. The lowest BCUT2D eigenvalue weighted by Crippen LogP contribution is -2.50. The van der Waals surface area contributed by atoms with Gasteiger partial charge in [-0.1, -0.05) is 55.8 Å². The topological polar surface area (TPSA) is 86.8 Å². The number of halogens is 3. The SMILES string of the molecule is CCCCNC(=O)C(Cc1ccccc1)N(Cc1ccc(F)cc1)C(=O)CCCN(c1ccc(F)c(F)c1)S(C)(=O)=O. The van der Waals surface area contributed by atoms with Crippen LogP contribution < -0.4 is 9.62 Å². The molecule has 3 aromatic rings. The highest BCUT2D eigenvalue weighted by Crippen LogP contribution is 2.22. The predicted octanol–water partition coefficient (Wildman–Crippen LogP) is 5.21. The second-order valence-corrected chi connectivity index (χ2v) is 11.9. The number of unbranched alkanes of at least 4 members (excludes halogenated alkanes) is 1. The molecule has 0 aliphatic rings. The summed E-state index contributed by atoms with van der Waals surface area (Å²) in [6.07, 6.45) is 2.71. The first-order valence-corrected chi connectivity index (χ1v) is 15.6. The van der Waals surface area contributed by atoms with Crippen LogP contribution >= 0.6 is 0 Å². The molecule has 0 aliphatic carbocycles. The zero-order chi connectivity index (χ0) is 30.7. The molecule has 1 atom stereocenters. The third-order valence-corrected chi connectivity index (χ3v) is 7.90. The van der Waals surface area contributed by atoms with E-state index in [9.17, 15) is 31.2 Å². The van der Waals surface area contributed by atoms with Gasteiger partial charge in [-0.2, -0.15) is 0 Å². The van der Waals surface area contributed by atoms with E-state index in [2.05, 4.69) is 5.32 Å². The second kappa shape index (κ2) is 15.4. The summed E-state index contributed by atoms with van der Waals surface area (Å²) in [5.41, 5.74) is 1.39. The minimum absolute atomic E-state index is 0.0246. The molecule has 7 nitrogen and oxygen atoms in total. The number of hydrogen-bond donors (Lipinski definition) is 1. The largest absolute Gasteiger partial charge is 0.354 e. The van der Waals surface area contributed by atoms with Gasteiger partial charge >= 0.3 is 0 Å². The molecule has 3 aromatic carbocycles. The Morgan fingerprint density at radius 2 is 1.57 bits per heavy atom. The highest BCUT2D eigenvalue weighted by atomic mass is 32.2. The van der Waals surface area contributed by atoms with Crippen molar-refractivity contribution in [2.45, 2.75) is 51.6 Å². The summed E-state index contributed by atoms with van der Waals surface area (Å²) in [5.74, 6) is -3.49. The Labute approximate surface area is 245 Å². The number of benzene rings is 3. The number of rotatable bonds is 15. The van der Waals surface area contributed by atoms with Gasteiger partial charge < -0.3 is 10.2 Å². The van der Waals surface area contributed by atoms with Crippen molar-refractivity contribution in [2.75, 3.05) is 23.7 Å². The molecule has 0 bridgehead atoms. The van der Waals surface area contributed by atoms with Crippen molar-refractivity contribution in [3.05, 3.63) is 101 Å². The molecule has 226 valence electrons. The maximum Gasteiger partial charge on any atom is 0.243 e. The summed E-state index contributed by atoms with van der Waals surface area (Å²) in [6.45, 7) is 2.29. The monoisotopic (exact) mass is 603 g/mol. The van der Waals surface area contributed by atoms with E-state index in [-0.39, 0.29) is 43.9 Å². The van der Waals surface area contributed by atoms with Gasteiger partial charge in [-0.25, -0.2) is 21.6 Å². The van der Waals surface area contributed by atoms with Gasteiger partial charge in [0, 0.05) is 38.5 Å². The van der Waals surface area contributed by atoms with E-state index in [1.807, 2.05) is 37.3 Å². The Hall–Kier alpha value is -3.86. The Bertz CT molecular complexity index is 1440. The molecule has 1 N–H and O–H groups in total. The molecule has 0 radical (unpaired) electrons. The van der Waals surface area contributed by atoms with Gasteiger partial charge in [-0.3, -0.25) is 13.9 Å². The van der Waals surface area contributed by atoms with Gasteiger partial charge in [0.05, 0.1) is 11.9 Å². The number of nitrogens with one attached hydrogen (secondary N) is 1. The summed E-state index contributed by atoms with van der Waals surface area (Å²) >= 11 is 0. The molecule has 2 amide bonds. The quantitative estimate of drug-likeness (QED) is 0.242. The number of sulfonamides is 1. The molecule has 0 aliphatic heterocycles. The fraction of sp³-hybridized carbons (Fsp3) is 0.355. The summed E-state index contributed by atoms with van der Waals surface area (Å²) in [4.78, 5) is 28.6. The summed E-state index contributed by atoms with van der Waals surface area (Å²) in [5, 5.41) is 2.91. The first-order chi connectivity index (χ1) is 20.0. The minimum Gasteiger partial charge on any atom is -0.354 e. The van der Waals surface area contributed by atoms with Gasteiger partial charge in [0.15, 0.2) is 11.6 Å². The van der Waals surface area contributed by atoms with E-state index >= 15 is 0 Å². The van der Waals surface area contributed by atoms with Gasteiger partial charge in [0.1, 0.15) is 11.9 Å². The smallest absolute Gasteiger partial charge is 0.243 e. The summed E-state index contributed by atoms with van der Waals surface area (Å²) in [6, 6.07) is 16.8. The first kappa shape index (κ1) is 32.7. The van der Waals surface area contributed by atoms with Crippen LogP contribution in [-0.4, -0.2) is 50.5 Å². The molecule has 0 aromatic heterocycles. The maximum atomic E-state index is 13.9. The molecule has 0 fully saturated rings. The van der Waals surface area contributed by atoms with Gasteiger partial charge in [0.25, 0.3) is 0 Å². The minimum atomic E-state index is -3.88. The highest BCUT2D eigenvalue weighted by Gasteiger charge is 2.30. The fourth-order valence-electron chi connectivity index (χ4n) is 4.49. The Balaban J connectivity index is 1.87. The molecular formula is C31H36F3N3O4S. The van der Waals surface area contributed by atoms with E-state index < -0.39 is 39.4 Å². The molecule has 42 heavy (non-hydrogen) atoms. The fourth-order valence-corrected chi connectivity index (χ4v) is 5.45. The van der Waals surface area contributed by atoms with Crippen LogP contribution in [0.4, 0.5) is 18.9 Å². The van der Waals surface area contributed by atoms with Crippen molar-refractivity contribution in [1.82, 2.24) is 10.2 Å². The second-order valence-electron chi connectivity index (χ2n) is 10.0. The molecule has 0 spiro atoms. The number of nitrogens with zero attached hydrogens (tertiary/aromatic N) is 2. The number of hydrogen-bond acceptors (Lipinski definition) is 4. The van der Waals surface area contributed by atoms with E-state index in [1.165, 1.54) is 17.0 Å². The van der Waals surface area contributed by atoms with E-state index in [1.54, 1.807) is 12.1 Å². The number of amides is 2. The zero-order valence-corrected chi connectivity index (χ0v) is 24.5. The van der Waals surface area contributed by atoms with Crippen LogP contribution in [0.25, 0.3) is 0 Å². The highest BCUT2D eigenvalue weighted by molar-refractivity contribution is 7.92. The molecule has 3 rings (SSSR count). The summed E-state index contributed by atoms with van der Waals surface area (Å²) < 4.78 is 66.8. The lowest BCUT2D eigenvalue weighted by atomic mass is 10.0. The molecule has 0 saturated heterocycles. The van der Waals surface area contributed by atoms with Crippen LogP contribution in [0.2, 0.25) is 0 Å². The van der Waals surface area contributed by atoms with Crippen molar-refractivity contribution < 1.29 is 31.2 Å². The predicted molar refractivity (Wildman–Crippen MR) is 157 cm³/mol. The number of anilines is 1. The van der Waals surface area contributed by atoms with Crippen molar-refractivity contribution in [3.63, 3.8) is 0 Å². The van der Waals surface area contributed by atoms with Crippen LogP contribution in [-0.2, 0) is 32.6 Å². The number of carbonyl (C=O) groups excluding carboxylic acids is 2. The normalized spacial score (nSPS) is 12.0. The number of carbonyl (C=O) groups is 2. The van der Waals surface area contributed by atoms with Crippen molar-refractivity contribution in [1.29, 1.82) is 0 Å². The molecule has 1 unspecified atom stereocenters. The third-order valence-electron chi connectivity index (χ3n) is 6.71. The molecular weight excluding hydrogens is 567 g/mol. The van der Waals surface area contributed by atoms with Crippen LogP contribution in [0.1, 0.15) is 43.7 Å². The molecule has 0 saturated carbocycles. The first-order valence-electron chi connectivity index (χ1n) is 13.8. The van der Waals surface area contributed by atoms with Crippen molar-refractivity contribution >= 4 is 27.5 Å². The average molecular weight is 604 g/mol. The molecule has 0 heterocycles. The molecule has 11 heteroatoms. The van der Waals surface area contributed by atoms with Crippen LogP contribution in [0, 0.1) is 17.5 Å². The van der Waals surface area contributed by atoms with Crippen molar-refractivity contribution in [2.24, 2.45) is 0 Å². The summed E-state index contributed by atoms with van der Waals surface area (Å²) in [7, 11) is -3.88. The maximum absolute atomic E-state index is 13.9. The Kier molecular flexibility index (Phi) is 12.0. The Morgan fingerprint density at radius 3 is 2.19 bits per heavy atom. The van der Waals surface area contributed by atoms with E-state index in [0.717, 1.165) is 47.2 Å². The third kappa shape index (κ3) is 9.61. The van der Waals surface area contributed by atoms with Gasteiger partial charge in [-0.15, -0.1) is 0 Å². The van der Waals surface area contributed by atoms with E-state index in [0.29, 0.717) is 12.1 Å². The van der Waals surface area contributed by atoms with Crippen LogP contribution in [0.3, 0.4) is 0 Å². The van der Waals surface area contributed by atoms with E-state index in [4.69, 9.17) is 0 Å². The van der Waals surface area contributed by atoms with Gasteiger partial charge in [-0.05, 0) is 48.2 Å².